The van der Waals surface area contributed by atoms with Crippen molar-refractivity contribution in [2.75, 3.05) is 0 Å². The Morgan fingerprint density at radius 3 is 2.20 bits per heavy atom. The largest absolute Gasteiger partial charge is 0.707 e. The molecule has 15 heavy (non-hydrogen) atoms. The molecule has 0 unspecified atom stereocenters. The topological polar surface area (TPSA) is 66.8 Å². The van der Waals surface area contributed by atoms with Crippen LogP contribution in [0.25, 0.3) is 0 Å². The summed E-state index contributed by atoms with van der Waals surface area (Å²) in [6, 6.07) is 6.24. The molecule has 0 aliphatic heterocycles. The molecule has 5 heteroatoms. The van der Waals surface area contributed by atoms with Crippen molar-refractivity contribution in [3.63, 3.8) is 0 Å². The van der Waals surface area contributed by atoms with Gasteiger partial charge in [0.2, 0.25) is 0 Å². The predicted octanol–water partition coefficient (Wildman–Crippen LogP) is 0.874. The molecule has 2 N–H and O–H groups in total. The molecule has 1 aromatic carbocycles. The molecular weight excluding hydrogens is 195 g/mol. The molecule has 0 bridgehead atoms. The summed E-state index contributed by atoms with van der Waals surface area (Å²) in [5, 5.41) is 17.1. The lowest BCUT2D eigenvalue weighted by molar-refractivity contribution is 0.0939. The third-order valence-electron chi connectivity index (χ3n) is 1.90. The molecule has 80 valence electrons. The second-order valence-electron chi connectivity index (χ2n) is 3.49. The number of hydrogen-bond donors (Lipinski definition) is 2. The van der Waals surface area contributed by atoms with Crippen LogP contribution in [0, 0.1) is 5.92 Å². The second-order valence-corrected chi connectivity index (χ2v) is 3.49. The van der Waals surface area contributed by atoms with Gasteiger partial charge in [0.1, 0.15) is 5.75 Å². The molecule has 4 nitrogen and oxygen atoms in total. The first-order chi connectivity index (χ1) is 7.00. The maximum absolute atomic E-state index is 11.5. The summed E-state index contributed by atoms with van der Waals surface area (Å²) in [4.78, 5) is 11.5. The number of benzene rings is 1. The van der Waals surface area contributed by atoms with Crippen LogP contribution in [0.2, 0.25) is 0 Å². The third kappa shape index (κ3) is 3.38. The molecule has 0 spiro atoms. The van der Waals surface area contributed by atoms with E-state index in [1.165, 1.54) is 12.1 Å². The summed E-state index contributed by atoms with van der Waals surface area (Å²) in [5.74, 6) is 0.302. The lowest BCUT2D eigenvalue weighted by Crippen LogP contribution is -2.20. The van der Waals surface area contributed by atoms with Crippen LogP contribution in [0.4, 0.5) is 0 Å². The Labute approximate surface area is 88.7 Å². The number of rotatable bonds is 4. The lowest BCUT2D eigenvalue weighted by Gasteiger charge is -2.06. The first kappa shape index (κ1) is 11.7. The van der Waals surface area contributed by atoms with Crippen molar-refractivity contribution in [2.45, 2.75) is 13.8 Å². The molecule has 0 heterocycles. The van der Waals surface area contributed by atoms with E-state index in [2.05, 4.69) is 4.65 Å². The summed E-state index contributed by atoms with van der Waals surface area (Å²) in [5.41, 5.74) is 0.588. The van der Waals surface area contributed by atoms with Crippen molar-refractivity contribution >= 4 is 13.1 Å². The maximum atomic E-state index is 11.5. The standard InChI is InChI=1S/C10H13BO4/c1-7(2)10(12)8-3-5-9(6-4-8)15-11(13)14/h3-7,13-14H,1-2H3. The molecule has 0 radical (unpaired) electrons. The molecule has 0 amide bonds. The lowest BCUT2D eigenvalue weighted by atomic mass is 10.0. The van der Waals surface area contributed by atoms with Gasteiger partial charge >= 0.3 is 7.32 Å². The fourth-order valence-corrected chi connectivity index (χ4v) is 1.15. The van der Waals surface area contributed by atoms with Crippen LogP contribution in [0.15, 0.2) is 24.3 Å². The van der Waals surface area contributed by atoms with Crippen LogP contribution in [0.5, 0.6) is 5.75 Å². The minimum absolute atomic E-state index is 0.0473. The molecule has 1 rings (SSSR count). The van der Waals surface area contributed by atoms with Gasteiger partial charge in [-0.15, -0.1) is 0 Å². The quantitative estimate of drug-likeness (QED) is 0.569. The van der Waals surface area contributed by atoms with Gasteiger partial charge in [-0.3, -0.25) is 4.79 Å². The van der Waals surface area contributed by atoms with E-state index < -0.39 is 7.32 Å². The van der Waals surface area contributed by atoms with Gasteiger partial charge in [0.15, 0.2) is 5.78 Å². The second kappa shape index (κ2) is 4.95. The van der Waals surface area contributed by atoms with Gasteiger partial charge in [0.25, 0.3) is 0 Å². The number of ketones is 1. The summed E-state index contributed by atoms with van der Waals surface area (Å²) < 4.78 is 4.61. The van der Waals surface area contributed by atoms with Crippen LogP contribution < -0.4 is 4.65 Å². The Bertz CT molecular complexity index is 332. The van der Waals surface area contributed by atoms with Gasteiger partial charge in [0.05, 0.1) is 0 Å². The van der Waals surface area contributed by atoms with Crippen molar-refractivity contribution in [1.82, 2.24) is 0 Å². The van der Waals surface area contributed by atoms with Gasteiger partial charge in [-0.05, 0) is 24.3 Å². The van der Waals surface area contributed by atoms with Crippen LogP contribution in [0.1, 0.15) is 24.2 Å². The highest BCUT2D eigenvalue weighted by atomic mass is 16.6. The zero-order valence-corrected chi connectivity index (χ0v) is 8.68. The molecule has 0 saturated heterocycles. The van der Waals surface area contributed by atoms with E-state index in [0.717, 1.165) is 0 Å². The SMILES string of the molecule is CC(C)C(=O)c1ccc(OB(O)O)cc1. The van der Waals surface area contributed by atoms with Crippen molar-refractivity contribution in [1.29, 1.82) is 0 Å². The number of hydrogen-bond acceptors (Lipinski definition) is 4. The third-order valence-corrected chi connectivity index (χ3v) is 1.90. The fourth-order valence-electron chi connectivity index (χ4n) is 1.15. The van der Waals surface area contributed by atoms with Crippen LogP contribution in [-0.2, 0) is 0 Å². The molecule has 0 saturated carbocycles. The predicted molar refractivity (Wildman–Crippen MR) is 56.4 cm³/mol. The van der Waals surface area contributed by atoms with Gasteiger partial charge in [0, 0.05) is 11.5 Å². The van der Waals surface area contributed by atoms with Gasteiger partial charge in [-0.1, -0.05) is 13.8 Å². The highest BCUT2D eigenvalue weighted by Crippen LogP contribution is 2.15. The molecule has 0 aliphatic carbocycles. The minimum Gasteiger partial charge on any atom is -0.512 e. The van der Waals surface area contributed by atoms with E-state index in [9.17, 15) is 4.79 Å². The summed E-state index contributed by atoms with van der Waals surface area (Å²) in [7, 11) is -1.84. The maximum Gasteiger partial charge on any atom is 0.707 e. The number of carbonyl (C=O) groups is 1. The van der Waals surface area contributed by atoms with E-state index in [4.69, 9.17) is 10.0 Å². The highest BCUT2D eigenvalue weighted by Gasteiger charge is 2.13. The summed E-state index contributed by atoms with van der Waals surface area (Å²) in [6.07, 6.45) is 0. The highest BCUT2D eigenvalue weighted by molar-refractivity contribution is 6.33. The minimum atomic E-state index is -1.84. The molecular formula is C10H13BO4. The first-order valence-electron chi connectivity index (χ1n) is 4.68. The molecule has 0 aliphatic rings. The first-order valence-corrected chi connectivity index (χ1v) is 4.68. The molecule has 0 fully saturated rings. The average molecular weight is 208 g/mol. The van der Waals surface area contributed by atoms with E-state index in [-0.39, 0.29) is 11.7 Å². The molecule has 0 aromatic heterocycles. The van der Waals surface area contributed by atoms with E-state index >= 15 is 0 Å². The van der Waals surface area contributed by atoms with Crippen molar-refractivity contribution in [3.05, 3.63) is 29.8 Å². The van der Waals surface area contributed by atoms with E-state index in [1.807, 2.05) is 13.8 Å². The van der Waals surface area contributed by atoms with Crippen LogP contribution in [-0.4, -0.2) is 23.2 Å². The monoisotopic (exact) mass is 208 g/mol. The summed E-state index contributed by atoms with van der Waals surface area (Å²) >= 11 is 0. The average Bonchev–Trinajstić information content (AvgIpc) is 2.17. The molecule has 1 aromatic rings. The zero-order chi connectivity index (χ0) is 11.4. The Morgan fingerprint density at radius 2 is 1.80 bits per heavy atom. The van der Waals surface area contributed by atoms with Crippen LogP contribution >= 0.6 is 0 Å². The van der Waals surface area contributed by atoms with Crippen molar-refractivity contribution < 1.29 is 19.5 Å². The van der Waals surface area contributed by atoms with E-state index in [1.54, 1.807) is 12.1 Å². The zero-order valence-electron chi connectivity index (χ0n) is 8.68. The van der Waals surface area contributed by atoms with Gasteiger partial charge in [-0.2, -0.15) is 0 Å². The van der Waals surface area contributed by atoms with Gasteiger partial charge < -0.3 is 14.7 Å². The Morgan fingerprint density at radius 1 is 1.27 bits per heavy atom. The van der Waals surface area contributed by atoms with Gasteiger partial charge in [-0.25, -0.2) is 0 Å². The summed E-state index contributed by atoms with van der Waals surface area (Å²) in [6.45, 7) is 3.65. The normalized spacial score (nSPS) is 10.2. The Balaban J connectivity index is 2.76. The smallest absolute Gasteiger partial charge is 0.512 e. The number of Topliss-reactive ketones (excluding diaryl/α,β-unsaturated/α-hetero) is 1. The van der Waals surface area contributed by atoms with Crippen molar-refractivity contribution in [2.24, 2.45) is 5.92 Å². The molecule has 0 atom stereocenters. The van der Waals surface area contributed by atoms with Crippen molar-refractivity contribution in [3.8, 4) is 5.75 Å². The van der Waals surface area contributed by atoms with Crippen LogP contribution in [0.3, 0.4) is 0 Å². The van der Waals surface area contributed by atoms with E-state index in [0.29, 0.717) is 11.3 Å². The Hall–Kier alpha value is -1.33. The fraction of sp³-hybridized carbons (Fsp3) is 0.300. The Kier molecular flexibility index (Phi) is 3.88. The number of carbonyl (C=O) groups excluding carboxylic acids is 1.